The Bertz CT molecular complexity index is 842. The number of carbonyl (C=O) groups excluding carboxylic acids is 2. The highest BCUT2D eigenvalue weighted by Crippen LogP contribution is 2.25. The number of nitrogens with zero attached hydrogens (tertiary/aromatic N) is 3. The van der Waals surface area contributed by atoms with E-state index in [-0.39, 0.29) is 17.9 Å². The van der Waals surface area contributed by atoms with Crippen molar-refractivity contribution in [3.63, 3.8) is 0 Å². The van der Waals surface area contributed by atoms with Crippen LogP contribution in [-0.2, 0) is 9.59 Å². The SMILES string of the molecule is O=C(CN1CCN(CC(=O)N2CCCCCC2)CC1)N[C@H](c1ccccc1)c1cccs1. The van der Waals surface area contributed by atoms with Crippen LogP contribution in [0.4, 0.5) is 0 Å². The molecule has 0 aliphatic carbocycles. The Labute approximate surface area is 195 Å². The van der Waals surface area contributed by atoms with Crippen molar-refractivity contribution in [1.82, 2.24) is 20.0 Å². The molecule has 0 bridgehead atoms. The van der Waals surface area contributed by atoms with Crippen LogP contribution in [0.2, 0.25) is 0 Å². The predicted molar refractivity (Wildman–Crippen MR) is 129 cm³/mol. The first kappa shape index (κ1) is 23.0. The number of hydrogen-bond donors (Lipinski definition) is 1. The summed E-state index contributed by atoms with van der Waals surface area (Å²) in [7, 11) is 0. The summed E-state index contributed by atoms with van der Waals surface area (Å²) < 4.78 is 0. The van der Waals surface area contributed by atoms with Gasteiger partial charge in [0.15, 0.2) is 0 Å². The largest absolute Gasteiger partial charge is 0.343 e. The molecule has 0 unspecified atom stereocenters. The molecule has 1 aromatic carbocycles. The molecule has 2 saturated heterocycles. The van der Waals surface area contributed by atoms with Gasteiger partial charge in [-0.2, -0.15) is 0 Å². The molecule has 4 rings (SSSR count). The van der Waals surface area contributed by atoms with Gasteiger partial charge in [-0.25, -0.2) is 0 Å². The molecule has 0 saturated carbocycles. The van der Waals surface area contributed by atoms with Crippen LogP contribution in [0.15, 0.2) is 47.8 Å². The van der Waals surface area contributed by atoms with Crippen molar-refractivity contribution in [3.05, 3.63) is 58.3 Å². The molecular weight excluding hydrogens is 420 g/mol. The molecule has 1 aromatic heterocycles. The van der Waals surface area contributed by atoms with Crippen molar-refractivity contribution in [2.75, 3.05) is 52.4 Å². The number of hydrogen-bond acceptors (Lipinski definition) is 5. The summed E-state index contributed by atoms with van der Waals surface area (Å²) in [6.45, 7) is 6.01. The van der Waals surface area contributed by atoms with Crippen molar-refractivity contribution >= 4 is 23.2 Å². The number of thiophene rings is 1. The molecule has 2 aromatic rings. The summed E-state index contributed by atoms with van der Waals surface area (Å²) >= 11 is 1.66. The number of benzene rings is 1. The lowest BCUT2D eigenvalue weighted by atomic mass is 10.1. The van der Waals surface area contributed by atoms with E-state index in [2.05, 4.69) is 33.3 Å². The Kier molecular flexibility index (Phi) is 8.31. The molecule has 0 spiro atoms. The van der Waals surface area contributed by atoms with E-state index in [1.807, 2.05) is 34.5 Å². The summed E-state index contributed by atoms with van der Waals surface area (Å²) in [4.78, 5) is 33.1. The van der Waals surface area contributed by atoms with Crippen molar-refractivity contribution in [1.29, 1.82) is 0 Å². The van der Waals surface area contributed by atoms with Gasteiger partial charge in [0.1, 0.15) is 0 Å². The molecule has 2 aliphatic heterocycles. The van der Waals surface area contributed by atoms with E-state index in [0.717, 1.165) is 62.6 Å². The minimum absolute atomic E-state index is 0.0429. The molecule has 6 nitrogen and oxygen atoms in total. The molecule has 2 fully saturated rings. The first-order chi connectivity index (χ1) is 15.7. The zero-order valence-corrected chi connectivity index (χ0v) is 19.6. The second-order valence-electron chi connectivity index (χ2n) is 8.77. The molecule has 1 N–H and O–H groups in total. The lowest BCUT2D eigenvalue weighted by molar-refractivity contribution is -0.133. The van der Waals surface area contributed by atoms with Crippen molar-refractivity contribution in [2.45, 2.75) is 31.7 Å². The third-order valence-corrected chi connectivity index (χ3v) is 7.35. The number of nitrogens with one attached hydrogen (secondary N) is 1. The fourth-order valence-electron chi connectivity index (χ4n) is 4.55. The maximum Gasteiger partial charge on any atom is 0.236 e. The fourth-order valence-corrected chi connectivity index (χ4v) is 5.35. The molecule has 32 heavy (non-hydrogen) atoms. The maximum atomic E-state index is 12.9. The van der Waals surface area contributed by atoms with E-state index in [4.69, 9.17) is 0 Å². The minimum Gasteiger partial charge on any atom is -0.343 e. The normalized spacial score (nSPS) is 19.3. The predicted octanol–water partition coefficient (Wildman–Crippen LogP) is 2.97. The number of carbonyl (C=O) groups is 2. The lowest BCUT2D eigenvalue weighted by Gasteiger charge is -2.35. The van der Waals surface area contributed by atoms with Crippen LogP contribution >= 0.6 is 11.3 Å². The fraction of sp³-hybridized carbons (Fsp3) is 0.520. The highest BCUT2D eigenvalue weighted by Gasteiger charge is 2.24. The van der Waals surface area contributed by atoms with E-state index in [9.17, 15) is 9.59 Å². The van der Waals surface area contributed by atoms with Crippen molar-refractivity contribution in [3.8, 4) is 0 Å². The molecule has 172 valence electrons. The summed E-state index contributed by atoms with van der Waals surface area (Å²) in [5.74, 6) is 0.307. The summed E-state index contributed by atoms with van der Waals surface area (Å²) in [6.07, 6.45) is 4.73. The number of rotatable bonds is 7. The topological polar surface area (TPSA) is 55.9 Å². The molecule has 3 heterocycles. The van der Waals surface area contributed by atoms with Gasteiger partial charge in [-0.05, 0) is 29.9 Å². The molecule has 0 radical (unpaired) electrons. The van der Waals surface area contributed by atoms with Gasteiger partial charge in [-0.3, -0.25) is 19.4 Å². The van der Waals surface area contributed by atoms with E-state index in [1.165, 1.54) is 12.8 Å². The molecule has 1 atom stereocenters. The Morgan fingerprint density at radius 3 is 2.09 bits per heavy atom. The third-order valence-electron chi connectivity index (χ3n) is 6.42. The summed E-state index contributed by atoms with van der Waals surface area (Å²) in [5.41, 5.74) is 1.10. The zero-order chi connectivity index (χ0) is 22.2. The van der Waals surface area contributed by atoms with Gasteiger partial charge in [-0.15, -0.1) is 11.3 Å². The molecular formula is C25H34N4O2S. The zero-order valence-electron chi connectivity index (χ0n) is 18.7. The first-order valence-electron chi connectivity index (χ1n) is 11.8. The van der Waals surface area contributed by atoms with Crippen molar-refractivity contribution < 1.29 is 9.59 Å². The Morgan fingerprint density at radius 1 is 0.812 bits per heavy atom. The van der Waals surface area contributed by atoms with Gasteiger partial charge < -0.3 is 10.2 Å². The standard InChI is InChI=1S/C25H34N4O2S/c30-23(26-25(22-11-8-18-32-22)21-9-4-3-5-10-21)19-27-14-16-28(17-15-27)20-24(31)29-12-6-1-2-7-13-29/h3-5,8-11,18,25H,1-2,6-7,12-17,19-20H2,(H,26,30)/t25-/m1/s1. The average molecular weight is 455 g/mol. The van der Waals surface area contributed by atoms with Crippen LogP contribution in [-0.4, -0.2) is 78.9 Å². The van der Waals surface area contributed by atoms with Crippen LogP contribution in [0.25, 0.3) is 0 Å². The third kappa shape index (κ3) is 6.40. The van der Waals surface area contributed by atoms with Crippen LogP contribution in [0, 0.1) is 0 Å². The Morgan fingerprint density at radius 2 is 1.47 bits per heavy atom. The van der Waals surface area contributed by atoms with E-state index < -0.39 is 0 Å². The Balaban J connectivity index is 1.24. The van der Waals surface area contributed by atoms with Gasteiger partial charge in [0.2, 0.25) is 11.8 Å². The van der Waals surface area contributed by atoms with E-state index >= 15 is 0 Å². The Hall–Kier alpha value is -2.22. The second kappa shape index (κ2) is 11.6. The lowest BCUT2D eigenvalue weighted by Crippen LogP contribution is -2.52. The van der Waals surface area contributed by atoms with Gasteiger partial charge in [0.05, 0.1) is 19.1 Å². The summed E-state index contributed by atoms with van der Waals surface area (Å²) in [6, 6.07) is 14.1. The van der Waals surface area contributed by atoms with E-state index in [1.54, 1.807) is 11.3 Å². The monoisotopic (exact) mass is 454 g/mol. The average Bonchev–Trinajstić information content (AvgIpc) is 3.20. The second-order valence-corrected chi connectivity index (χ2v) is 9.75. The quantitative estimate of drug-likeness (QED) is 0.699. The smallest absolute Gasteiger partial charge is 0.236 e. The van der Waals surface area contributed by atoms with Gasteiger partial charge in [-0.1, -0.05) is 49.2 Å². The van der Waals surface area contributed by atoms with Crippen LogP contribution in [0.3, 0.4) is 0 Å². The van der Waals surface area contributed by atoms with Crippen molar-refractivity contribution in [2.24, 2.45) is 0 Å². The highest BCUT2D eigenvalue weighted by molar-refractivity contribution is 7.10. The minimum atomic E-state index is -0.115. The summed E-state index contributed by atoms with van der Waals surface area (Å²) in [5, 5.41) is 5.28. The van der Waals surface area contributed by atoms with Crippen LogP contribution in [0.1, 0.15) is 42.2 Å². The molecule has 2 amide bonds. The maximum absolute atomic E-state index is 12.9. The highest BCUT2D eigenvalue weighted by atomic mass is 32.1. The number of likely N-dealkylation sites (tertiary alicyclic amines) is 1. The van der Waals surface area contributed by atoms with Gasteiger partial charge in [0, 0.05) is 44.1 Å². The van der Waals surface area contributed by atoms with Gasteiger partial charge in [0.25, 0.3) is 0 Å². The molecule has 2 aliphatic rings. The van der Waals surface area contributed by atoms with Gasteiger partial charge >= 0.3 is 0 Å². The van der Waals surface area contributed by atoms with Crippen LogP contribution in [0.5, 0.6) is 0 Å². The number of amides is 2. The molecule has 7 heteroatoms. The van der Waals surface area contributed by atoms with Crippen LogP contribution < -0.4 is 5.32 Å². The van der Waals surface area contributed by atoms with E-state index in [0.29, 0.717) is 13.1 Å². The first-order valence-corrected chi connectivity index (χ1v) is 12.7. The number of piperazine rings is 1.